The first-order valence-corrected chi connectivity index (χ1v) is 5.94. The Balaban J connectivity index is 2.16. The molecule has 7 nitrogen and oxygen atoms in total. The second-order valence-electron chi connectivity index (χ2n) is 4.14. The van der Waals surface area contributed by atoms with Crippen LogP contribution in [0.25, 0.3) is 0 Å². The lowest BCUT2D eigenvalue weighted by atomic mass is 10.2. The van der Waals surface area contributed by atoms with E-state index in [2.05, 4.69) is 15.3 Å². The van der Waals surface area contributed by atoms with Crippen molar-refractivity contribution in [3.63, 3.8) is 0 Å². The molecule has 1 N–H and O–H groups in total. The van der Waals surface area contributed by atoms with Crippen LogP contribution in [0, 0.1) is 17.0 Å². The monoisotopic (exact) mass is 274 g/mol. The van der Waals surface area contributed by atoms with Gasteiger partial charge < -0.3 is 10.1 Å². The number of hydrogen-bond donors (Lipinski definition) is 1. The molecule has 0 bridgehead atoms. The number of nitrogens with zero attached hydrogens (tertiary/aromatic N) is 3. The molecular weight excluding hydrogens is 260 g/mol. The van der Waals surface area contributed by atoms with E-state index in [1.54, 1.807) is 24.5 Å². The van der Waals surface area contributed by atoms with E-state index in [1.165, 1.54) is 13.2 Å². The van der Waals surface area contributed by atoms with Crippen LogP contribution in [0.2, 0.25) is 0 Å². The summed E-state index contributed by atoms with van der Waals surface area (Å²) in [6, 6.07) is 4.65. The third kappa shape index (κ3) is 3.19. The summed E-state index contributed by atoms with van der Waals surface area (Å²) in [5.74, 6) is 0.442. The fourth-order valence-electron chi connectivity index (χ4n) is 1.64. The van der Waals surface area contributed by atoms with Crippen LogP contribution in [0.1, 0.15) is 11.4 Å². The number of benzene rings is 1. The summed E-state index contributed by atoms with van der Waals surface area (Å²) in [5, 5.41) is 14.0. The van der Waals surface area contributed by atoms with Gasteiger partial charge in [0, 0.05) is 6.20 Å². The molecule has 20 heavy (non-hydrogen) atoms. The molecule has 104 valence electrons. The van der Waals surface area contributed by atoms with E-state index in [-0.39, 0.29) is 5.69 Å². The zero-order valence-corrected chi connectivity index (χ0v) is 11.2. The second-order valence-corrected chi connectivity index (χ2v) is 4.14. The zero-order valence-electron chi connectivity index (χ0n) is 11.2. The van der Waals surface area contributed by atoms with Crippen molar-refractivity contribution in [2.75, 3.05) is 12.4 Å². The summed E-state index contributed by atoms with van der Waals surface area (Å²) in [5.41, 5.74) is 1.91. The summed E-state index contributed by atoms with van der Waals surface area (Å²) in [4.78, 5) is 18.9. The standard InChI is InChI=1S/C13H14N4O3/c1-9-6-15-10(7-14-9)8-16-12-4-3-11(20-2)5-13(12)17(18)19/h3-7,16H,8H2,1-2H3. The molecule has 0 fully saturated rings. The van der Waals surface area contributed by atoms with Gasteiger partial charge in [0.1, 0.15) is 11.4 Å². The number of nitro groups is 1. The van der Waals surface area contributed by atoms with Gasteiger partial charge in [-0.15, -0.1) is 0 Å². The molecule has 0 saturated carbocycles. The third-order valence-corrected chi connectivity index (χ3v) is 2.70. The summed E-state index contributed by atoms with van der Waals surface area (Å²) in [6.07, 6.45) is 3.29. The van der Waals surface area contributed by atoms with E-state index in [1.807, 2.05) is 6.92 Å². The van der Waals surface area contributed by atoms with E-state index in [9.17, 15) is 10.1 Å². The number of aryl methyl sites for hydroxylation is 1. The van der Waals surface area contributed by atoms with E-state index in [0.29, 0.717) is 23.7 Å². The molecule has 1 aromatic carbocycles. The van der Waals surface area contributed by atoms with Gasteiger partial charge in [-0.25, -0.2) is 0 Å². The summed E-state index contributed by atoms with van der Waals surface area (Å²) in [6.45, 7) is 2.21. The molecule has 0 aliphatic heterocycles. The van der Waals surface area contributed by atoms with Crippen molar-refractivity contribution < 1.29 is 9.66 Å². The highest BCUT2D eigenvalue weighted by Gasteiger charge is 2.14. The van der Waals surface area contributed by atoms with Crippen molar-refractivity contribution in [2.45, 2.75) is 13.5 Å². The molecule has 0 saturated heterocycles. The van der Waals surface area contributed by atoms with Crippen LogP contribution >= 0.6 is 0 Å². The van der Waals surface area contributed by atoms with Crippen LogP contribution in [0.4, 0.5) is 11.4 Å². The van der Waals surface area contributed by atoms with Gasteiger partial charge in [-0.1, -0.05) is 0 Å². The van der Waals surface area contributed by atoms with Crippen molar-refractivity contribution in [3.8, 4) is 5.75 Å². The van der Waals surface area contributed by atoms with Crippen LogP contribution in [-0.2, 0) is 6.54 Å². The number of ether oxygens (including phenoxy) is 1. The zero-order chi connectivity index (χ0) is 14.5. The highest BCUT2D eigenvalue weighted by atomic mass is 16.6. The molecule has 0 aliphatic carbocycles. The minimum atomic E-state index is -0.453. The van der Waals surface area contributed by atoms with Gasteiger partial charge in [0.15, 0.2) is 0 Å². The Morgan fingerprint density at radius 3 is 2.75 bits per heavy atom. The summed E-state index contributed by atoms with van der Waals surface area (Å²) < 4.78 is 4.98. The topological polar surface area (TPSA) is 90.2 Å². The van der Waals surface area contributed by atoms with E-state index < -0.39 is 4.92 Å². The predicted octanol–water partition coefficient (Wildman–Crippen LogP) is 2.31. The van der Waals surface area contributed by atoms with Gasteiger partial charge in [0.25, 0.3) is 5.69 Å². The third-order valence-electron chi connectivity index (χ3n) is 2.70. The normalized spacial score (nSPS) is 10.1. The van der Waals surface area contributed by atoms with Gasteiger partial charge >= 0.3 is 0 Å². The molecule has 0 spiro atoms. The lowest BCUT2D eigenvalue weighted by molar-refractivity contribution is -0.384. The quantitative estimate of drug-likeness (QED) is 0.664. The Morgan fingerprint density at radius 1 is 1.35 bits per heavy atom. The average Bonchev–Trinajstić information content (AvgIpc) is 2.46. The summed E-state index contributed by atoms with van der Waals surface area (Å²) >= 11 is 0. The van der Waals surface area contributed by atoms with Crippen LogP contribution in [0.5, 0.6) is 5.75 Å². The molecule has 1 aromatic heterocycles. The molecule has 0 amide bonds. The highest BCUT2D eigenvalue weighted by molar-refractivity contribution is 5.63. The molecule has 1 heterocycles. The maximum Gasteiger partial charge on any atom is 0.296 e. The molecule has 2 aromatic rings. The minimum Gasteiger partial charge on any atom is -0.496 e. The maximum atomic E-state index is 11.0. The average molecular weight is 274 g/mol. The van der Waals surface area contributed by atoms with Crippen molar-refractivity contribution in [2.24, 2.45) is 0 Å². The Bertz CT molecular complexity index is 614. The minimum absolute atomic E-state index is 0.0376. The smallest absolute Gasteiger partial charge is 0.296 e. The molecular formula is C13H14N4O3. The Labute approximate surface area is 115 Å². The van der Waals surface area contributed by atoms with Crippen molar-refractivity contribution >= 4 is 11.4 Å². The van der Waals surface area contributed by atoms with E-state index >= 15 is 0 Å². The fraction of sp³-hybridized carbons (Fsp3) is 0.231. The first-order chi connectivity index (χ1) is 9.60. The molecule has 0 radical (unpaired) electrons. The van der Waals surface area contributed by atoms with Crippen molar-refractivity contribution in [3.05, 3.63) is 52.1 Å². The number of aromatic nitrogens is 2. The number of hydrogen-bond acceptors (Lipinski definition) is 6. The molecule has 0 atom stereocenters. The SMILES string of the molecule is COc1ccc(NCc2cnc(C)cn2)c([N+](=O)[O-])c1. The van der Waals surface area contributed by atoms with Gasteiger partial charge in [0.2, 0.25) is 0 Å². The maximum absolute atomic E-state index is 11.0. The molecule has 2 rings (SSSR count). The highest BCUT2D eigenvalue weighted by Crippen LogP contribution is 2.29. The van der Waals surface area contributed by atoms with Crippen molar-refractivity contribution in [1.29, 1.82) is 0 Å². The lowest BCUT2D eigenvalue weighted by Gasteiger charge is -2.08. The van der Waals surface area contributed by atoms with Crippen molar-refractivity contribution in [1.82, 2.24) is 9.97 Å². The first kappa shape index (κ1) is 13.7. The van der Waals surface area contributed by atoms with E-state index in [0.717, 1.165) is 5.69 Å². The molecule has 7 heteroatoms. The molecule has 0 aliphatic rings. The van der Waals surface area contributed by atoms with Gasteiger partial charge in [-0.3, -0.25) is 20.1 Å². The number of nitro benzene ring substituents is 1. The second kappa shape index (κ2) is 5.96. The lowest BCUT2D eigenvalue weighted by Crippen LogP contribution is -2.05. The largest absolute Gasteiger partial charge is 0.496 e. The summed E-state index contributed by atoms with van der Waals surface area (Å²) in [7, 11) is 1.47. The Hall–Kier alpha value is -2.70. The number of rotatable bonds is 5. The van der Waals surface area contributed by atoms with Crippen LogP contribution < -0.4 is 10.1 Å². The molecule has 0 unspecified atom stereocenters. The fourth-order valence-corrected chi connectivity index (χ4v) is 1.64. The van der Waals surface area contributed by atoms with Crippen LogP contribution in [0.15, 0.2) is 30.6 Å². The van der Waals surface area contributed by atoms with Gasteiger partial charge in [0.05, 0.1) is 42.2 Å². The van der Waals surface area contributed by atoms with Crippen LogP contribution in [0.3, 0.4) is 0 Å². The first-order valence-electron chi connectivity index (χ1n) is 5.94. The Morgan fingerprint density at radius 2 is 2.15 bits per heavy atom. The van der Waals surface area contributed by atoms with Crippen LogP contribution in [-0.4, -0.2) is 22.0 Å². The number of methoxy groups -OCH3 is 1. The number of anilines is 1. The predicted molar refractivity (Wildman–Crippen MR) is 73.7 cm³/mol. The number of nitrogens with one attached hydrogen (secondary N) is 1. The van der Waals surface area contributed by atoms with Gasteiger partial charge in [-0.2, -0.15) is 0 Å². The van der Waals surface area contributed by atoms with E-state index in [4.69, 9.17) is 4.74 Å². The van der Waals surface area contributed by atoms with Gasteiger partial charge in [-0.05, 0) is 19.1 Å². The Kier molecular flexibility index (Phi) is 4.09.